The summed E-state index contributed by atoms with van der Waals surface area (Å²) in [6, 6.07) is 7.15. The van der Waals surface area contributed by atoms with Crippen molar-refractivity contribution in [2.75, 3.05) is 52.6 Å². The lowest BCUT2D eigenvalue weighted by Gasteiger charge is -2.21. The van der Waals surface area contributed by atoms with Crippen LogP contribution >= 0.6 is 31.9 Å². The molecule has 0 saturated carbocycles. The maximum absolute atomic E-state index is 12.2. The zero-order valence-electron chi connectivity index (χ0n) is 24.2. The van der Waals surface area contributed by atoms with Crippen molar-refractivity contribution in [1.82, 2.24) is 19.8 Å². The normalized spacial score (nSPS) is 11.0. The van der Waals surface area contributed by atoms with Gasteiger partial charge in [-0.15, -0.1) is 0 Å². The van der Waals surface area contributed by atoms with Crippen molar-refractivity contribution in [1.29, 1.82) is 0 Å². The first-order valence-corrected chi connectivity index (χ1v) is 15.1. The van der Waals surface area contributed by atoms with Gasteiger partial charge in [-0.3, -0.25) is 29.0 Å². The molecule has 14 heteroatoms. The fraction of sp³-hybridized carbons (Fsp3) is 0.500. The van der Waals surface area contributed by atoms with Crippen molar-refractivity contribution in [2.45, 2.75) is 40.8 Å². The minimum Gasteiger partial charge on any atom is -0.465 e. The van der Waals surface area contributed by atoms with E-state index in [2.05, 4.69) is 31.9 Å². The lowest BCUT2D eigenvalue weighted by atomic mass is 10.2. The van der Waals surface area contributed by atoms with Gasteiger partial charge in [0.25, 0.3) is 0 Å². The molecule has 2 rings (SSSR count). The second-order valence-corrected chi connectivity index (χ2v) is 10.7. The molecule has 0 bridgehead atoms. The third kappa shape index (κ3) is 12.9. The first kappa shape index (κ1) is 35.3. The van der Waals surface area contributed by atoms with Crippen LogP contribution in [0.5, 0.6) is 0 Å². The Morgan fingerprint density at radius 3 is 1.12 bits per heavy atom. The number of ether oxygens (including phenoxy) is 4. The van der Waals surface area contributed by atoms with E-state index in [9.17, 15) is 19.2 Å². The van der Waals surface area contributed by atoms with E-state index in [1.54, 1.807) is 61.8 Å². The van der Waals surface area contributed by atoms with Gasteiger partial charge >= 0.3 is 23.9 Å². The lowest BCUT2D eigenvalue weighted by Crippen LogP contribution is -2.36. The molecular formula is C28H36Br2N4O8. The van der Waals surface area contributed by atoms with Crippen molar-refractivity contribution in [3.05, 3.63) is 44.6 Å². The molecule has 12 nitrogen and oxygen atoms in total. The van der Waals surface area contributed by atoms with E-state index in [4.69, 9.17) is 28.9 Å². The van der Waals surface area contributed by atoms with Crippen LogP contribution in [0.1, 0.15) is 39.1 Å². The van der Waals surface area contributed by atoms with Crippen LogP contribution in [0.2, 0.25) is 0 Å². The number of aromatic nitrogens is 2. The topological polar surface area (TPSA) is 137 Å². The van der Waals surface area contributed by atoms with Crippen LogP contribution in [0.25, 0.3) is 11.4 Å². The molecule has 0 unspecified atom stereocenters. The lowest BCUT2D eigenvalue weighted by molar-refractivity contribution is -0.150. The Bertz CT molecular complexity index is 1100. The quantitative estimate of drug-likeness (QED) is 0.175. The molecule has 0 spiro atoms. The summed E-state index contributed by atoms with van der Waals surface area (Å²) < 4.78 is 21.7. The Morgan fingerprint density at radius 2 is 0.857 bits per heavy atom. The smallest absolute Gasteiger partial charge is 0.320 e. The van der Waals surface area contributed by atoms with E-state index < -0.39 is 23.9 Å². The van der Waals surface area contributed by atoms with Gasteiger partial charge in [-0.1, -0.05) is 31.9 Å². The van der Waals surface area contributed by atoms with Crippen LogP contribution in [0.3, 0.4) is 0 Å². The molecule has 2 heterocycles. The van der Waals surface area contributed by atoms with Gasteiger partial charge in [-0.2, -0.15) is 0 Å². The molecule has 2 aromatic rings. The van der Waals surface area contributed by atoms with E-state index in [1.165, 1.54) is 0 Å². The van der Waals surface area contributed by atoms with Gasteiger partial charge in [0, 0.05) is 22.0 Å². The van der Waals surface area contributed by atoms with Crippen LogP contribution in [-0.4, -0.2) is 96.3 Å². The summed E-state index contributed by atoms with van der Waals surface area (Å²) in [4.78, 5) is 61.4. The van der Waals surface area contributed by atoms with Gasteiger partial charge in [0.2, 0.25) is 0 Å². The van der Waals surface area contributed by atoms with E-state index >= 15 is 0 Å². The highest BCUT2D eigenvalue weighted by Crippen LogP contribution is 2.25. The number of hydrogen-bond donors (Lipinski definition) is 0. The number of carbonyl (C=O) groups is 4. The van der Waals surface area contributed by atoms with Gasteiger partial charge in [0.1, 0.15) is 0 Å². The van der Waals surface area contributed by atoms with Crippen molar-refractivity contribution in [3.8, 4) is 11.4 Å². The average Bonchev–Trinajstić information content (AvgIpc) is 2.88. The largest absolute Gasteiger partial charge is 0.465 e. The predicted molar refractivity (Wildman–Crippen MR) is 160 cm³/mol. The molecule has 0 N–H and O–H groups in total. The molecule has 0 radical (unpaired) electrons. The molecule has 0 fully saturated rings. The van der Waals surface area contributed by atoms with E-state index in [1.807, 2.05) is 0 Å². The zero-order valence-corrected chi connectivity index (χ0v) is 27.4. The van der Waals surface area contributed by atoms with E-state index in [0.717, 1.165) is 0 Å². The molecule has 0 aliphatic rings. The van der Waals surface area contributed by atoms with Crippen LogP contribution in [0, 0.1) is 0 Å². The number of halogens is 2. The average molecular weight is 716 g/mol. The van der Waals surface area contributed by atoms with Gasteiger partial charge in [0.15, 0.2) is 0 Å². The molecule has 0 aromatic carbocycles. The summed E-state index contributed by atoms with van der Waals surface area (Å²) in [7, 11) is 0. The van der Waals surface area contributed by atoms with Crippen LogP contribution in [-0.2, 0) is 51.2 Å². The number of rotatable bonds is 17. The molecule has 42 heavy (non-hydrogen) atoms. The zero-order chi connectivity index (χ0) is 31.1. The number of carbonyl (C=O) groups excluding carboxylic acids is 4. The number of hydrogen-bond acceptors (Lipinski definition) is 12. The summed E-state index contributed by atoms with van der Waals surface area (Å²) in [5, 5.41) is 0. The van der Waals surface area contributed by atoms with Gasteiger partial charge in [0.05, 0.1) is 75.4 Å². The number of esters is 4. The molecule has 0 amide bonds. The predicted octanol–water partition coefficient (Wildman–Crippen LogP) is 3.53. The molecular weight excluding hydrogens is 680 g/mol. The Hall–Kier alpha value is -2.94. The standard InChI is InChI=1S/C28H36Br2N4O8/c1-5-39-25(35)15-33(16-26(36)40-6-2)13-21-9-19(29)11-23(31-21)24-12-20(30)10-22(32-24)14-34(17-27(37)41-7-3)18-28(38)42-8-4/h9-12H,5-8,13-18H2,1-4H3. The highest BCUT2D eigenvalue weighted by Gasteiger charge is 2.20. The van der Waals surface area contributed by atoms with Crippen molar-refractivity contribution in [3.63, 3.8) is 0 Å². The van der Waals surface area contributed by atoms with E-state index in [0.29, 0.717) is 31.7 Å². The third-order valence-corrected chi connectivity index (χ3v) is 6.27. The SMILES string of the molecule is CCOC(=O)CN(CC(=O)OCC)Cc1cc(Br)cc(-c2cc(Br)cc(CN(CC(=O)OCC)CC(=O)OCC)n2)n1. The summed E-state index contributed by atoms with van der Waals surface area (Å²) >= 11 is 7.04. The fourth-order valence-corrected chi connectivity index (χ4v) is 4.84. The summed E-state index contributed by atoms with van der Waals surface area (Å²) in [5.74, 6) is -1.87. The van der Waals surface area contributed by atoms with Crippen molar-refractivity contribution < 1.29 is 38.1 Å². The summed E-state index contributed by atoms with van der Waals surface area (Å²) in [6.07, 6.45) is 0. The number of pyridine rings is 2. The Morgan fingerprint density at radius 1 is 0.571 bits per heavy atom. The van der Waals surface area contributed by atoms with Gasteiger partial charge < -0.3 is 18.9 Å². The van der Waals surface area contributed by atoms with Crippen molar-refractivity contribution in [2.24, 2.45) is 0 Å². The van der Waals surface area contributed by atoms with Crippen LogP contribution < -0.4 is 0 Å². The maximum Gasteiger partial charge on any atom is 0.320 e. The Labute approximate surface area is 262 Å². The molecule has 0 saturated heterocycles. The van der Waals surface area contributed by atoms with Crippen molar-refractivity contribution >= 4 is 55.7 Å². The van der Waals surface area contributed by atoms with Gasteiger partial charge in [-0.05, 0) is 52.0 Å². The second kappa shape index (κ2) is 18.6. The summed E-state index contributed by atoms with van der Waals surface area (Å²) in [6.45, 7) is 7.58. The first-order chi connectivity index (χ1) is 20.1. The maximum atomic E-state index is 12.2. The summed E-state index contributed by atoms with van der Waals surface area (Å²) in [5.41, 5.74) is 2.19. The minimum atomic E-state index is -0.467. The van der Waals surface area contributed by atoms with Gasteiger partial charge in [-0.25, -0.2) is 9.97 Å². The van der Waals surface area contributed by atoms with Crippen LogP contribution in [0.15, 0.2) is 33.2 Å². The second-order valence-electron chi connectivity index (χ2n) is 8.83. The highest BCUT2D eigenvalue weighted by atomic mass is 79.9. The molecule has 230 valence electrons. The Balaban J connectivity index is 2.35. The van der Waals surface area contributed by atoms with E-state index in [-0.39, 0.29) is 65.7 Å². The monoisotopic (exact) mass is 714 g/mol. The Kier molecular flexibility index (Phi) is 15.6. The fourth-order valence-electron chi connectivity index (χ4n) is 3.88. The minimum absolute atomic E-state index is 0.119. The number of nitrogens with zero attached hydrogens (tertiary/aromatic N) is 4. The first-order valence-electron chi connectivity index (χ1n) is 13.5. The molecule has 0 aliphatic carbocycles. The molecule has 0 aliphatic heterocycles. The van der Waals surface area contributed by atoms with Crippen LogP contribution in [0.4, 0.5) is 0 Å². The highest BCUT2D eigenvalue weighted by molar-refractivity contribution is 9.10. The molecule has 0 atom stereocenters. The third-order valence-electron chi connectivity index (χ3n) is 5.35. The molecule has 2 aromatic heterocycles.